The number of carbonyl (C=O) groups excluding carboxylic acids is 2. The van der Waals surface area contributed by atoms with Crippen LogP contribution in [0.15, 0.2) is 18.2 Å². The van der Waals surface area contributed by atoms with Crippen LogP contribution in [0.25, 0.3) is 11.0 Å². The highest BCUT2D eigenvalue weighted by Gasteiger charge is 2.51. The van der Waals surface area contributed by atoms with Gasteiger partial charge in [0.05, 0.1) is 29.7 Å². The van der Waals surface area contributed by atoms with Crippen molar-refractivity contribution in [1.29, 1.82) is 0 Å². The number of carbonyl (C=O) groups is 2. The molecule has 1 spiro atoms. The number of H-pyrrole nitrogens is 1. The van der Waals surface area contributed by atoms with Crippen molar-refractivity contribution < 1.29 is 14.3 Å². The van der Waals surface area contributed by atoms with Crippen molar-refractivity contribution in [3.63, 3.8) is 0 Å². The summed E-state index contributed by atoms with van der Waals surface area (Å²) in [7, 11) is 0. The van der Waals surface area contributed by atoms with Gasteiger partial charge in [0.25, 0.3) is 5.91 Å². The number of ether oxygens (including phenoxy) is 1. The minimum atomic E-state index is -0.394. The first-order valence-electron chi connectivity index (χ1n) is 10.9. The molecule has 2 aromatic rings. The maximum absolute atomic E-state index is 13.2. The van der Waals surface area contributed by atoms with Gasteiger partial charge in [0.15, 0.2) is 0 Å². The molecule has 0 saturated carbocycles. The summed E-state index contributed by atoms with van der Waals surface area (Å²) < 4.78 is 5.40. The van der Waals surface area contributed by atoms with Gasteiger partial charge in [-0.25, -0.2) is 4.98 Å². The summed E-state index contributed by atoms with van der Waals surface area (Å²) in [5.74, 6) is 1.06. The number of benzene rings is 1. The van der Waals surface area contributed by atoms with Crippen LogP contribution in [0.4, 0.5) is 0 Å². The topological polar surface area (TPSA) is 81.8 Å². The molecule has 1 aromatic carbocycles. The Morgan fingerprint density at radius 2 is 1.97 bits per heavy atom. The third-order valence-corrected chi connectivity index (χ3v) is 6.88. The van der Waals surface area contributed by atoms with E-state index in [1.807, 2.05) is 34.9 Å². The highest BCUT2D eigenvalue weighted by Crippen LogP contribution is 2.41. The Kier molecular flexibility index (Phi) is 4.99. The Balaban J connectivity index is 1.23. The standard InChI is InChI=1S/C22H29N5O3/c1-16-23-18-3-2-17(14-19(18)24-16)20(28)27-7-5-22(15-27)4-6-26(21(22)29)9-8-25-10-12-30-13-11-25/h2-3,14H,4-13,15H2,1H3,(H,23,24). The molecule has 3 aliphatic heterocycles. The quantitative estimate of drug-likeness (QED) is 0.819. The van der Waals surface area contributed by atoms with Crippen molar-refractivity contribution in [2.45, 2.75) is 19.8 Å². The second-order valence-corrected chi connectivity index (χ2v) is 8.81. The number of imidazole rings is 1. The zero-order valence-electron chi connectivity index (χ0n) is 17.5. The lowest BCUT2D eigenvalue weighted by Gasteiger charge is -2.29. The monoisotopic (exact) mass is 411 g/mol. The molecule has 1 atom stereocenters. The van der Waals surface area contributed by atoms with Gasteiger partial charge in [-0.15, -0.1) is 0 Å². The highest BCUT2D eigenvalue weighted by atomic mass is 16.5. The molecule has 0 aliphatic carbocycles. The molecular weight excluding hydrogens is 382 g/mol. The fourth-order valence-electron chi connectivity index (χ4n) is 5.07. The summed E-state index contributed by atoms with van der Waals surface area (Å²) in [5, 5.41) is 0. The smallest absolute Gasteiger partial charge is 0.253 e. The largest absolute Gasteiger partial charge is 0.379 e. The minimum Gasteiger partial charge on any atom is -0.379 e. The van der Waals surface area contributed by atoms with Crippen molar-refractivity contribution in [2.75, 3.05) is 59.0 Å². The van der Waals surface area contributed by atoms with E-state index in [2.05, 4.69) is 14.9 Å². The molecule has 1 aromatic heterocycles. The van der Waals surface area contributed by atoms with Gasteiger partial charge in [-0.2, -0.15) is 0 Å². The van der Waals surface area contributed by atoms with Crippen LogP contribution in [-0.2, 0) is 9.53 Å². The van der Waals surface area contributed by atoms with Crippen LogP contribution in [-0.4, -0.2) is 95.5 Å². The lowest BCUT2D eigenvalue weighted by atomic mass is 9.85. The number of rotatable bonds is 4. The molecule has 1 unspecified atom stereocenters. The van der Waals surface area contributed by atoms with Gasteiger partial charge < -0.3 is 19.5 Å². The Labute approximate surface area is 176 Å². The summed E-state index contributed by atoms with van der Waals surface area (Å²) in [4.78, 5) is 40.1. The van der Waals surface area contributed by atoms with E-state index < -0.39 is 5.41 Å². The van der Waals surface area contributed by atoms with E-state index in [0.717, 1.165) is 75.6 Å². The highest BCUT2D eigenvalue weighted by molar-refractivity contribution is 5.98. The first-order valence-corrected chi connectivity index (χ1v) is 10.9. The molecule has 3 saturated heterocycles. The Hall–Kier alpha value is -2.45. The number of aromatic nitrogens is 2. The van der Waals surface area contributed by atoms with E-state index in [-0.39, 0.29) is 11.8 Å². The molecule has 8 heteroatoms. The van der Waals surface area contributed by atoms with Gasteiger partial charge in [-0.05, 0) is 38.0 Å². The molecule has 0 bridgehead atoms. The number of fused-ring (bicyclic) bond motifs is 1. The van der Waals surface area contributed by atoms with Gasteiger partial charge >= 0.3 is 0 Å². The number of hydrogen-bond acceptors (Lipinski definition) is 5. The van der Waals surface area contributed by atoms with Gasteiger partial charge in [-0.1, -0.05) is 0 Å². The second kappa shape index (κ2) is 7.67. The number of aryl methyl sites for hydroxylation is 1. The summed E-state index contributed by atoms with van der Waals surface area (Å²) in [6.45, 7) is 8.97. The number of hydrogen-bond donors (Lipinski definition) is 1. The average Bonchev–Trinajstić information content (AvgIpc) is 3.44. The molecule has 0 radical (unpaired) electrons. The lowest BCUT2D eigenvalue weighted by molar-refractivity contribution is -0.135. The fraction of sp³-hybridized carbons (Fsp3) is 0.591. The van der Waals surface area contributed by atoms with Crippen molar-refractivity contribution in [1.82, 2.24) is 24.7 Å². The number of aromatic amines is 1. The SMILES string of the molecule is Cc1nc2ccc(C(=O)N3CCC4(CCN(CCN5CCOCC5)C4=O)C3)cc2[nH]1. The Morgan fingerprint density at radius 1 is 1.17 bits per heavy atom. The summed E-state index contributed by atoms with van der Waals surface area (Å²) in [6, 6.07) is 5.58. The van der Waals surface area contributed by atoms with E-state index >= 15 is 0 Å². The molecule has 1 N–H and O–H groups in total. The predicted molar refractivity (Wildman–Crippen MR) is 112 cm³/mol. The third kappa shape index (κ3) is 3.48. The third-order valence-electron chi connectivity index (χ3n) is 6.88. The maximum atomic E-state index is 13.2. The first-order chi connectivity index (χ1) is 14.5. The molecular formula is C22H29N5O3. The van der Waals surface area contributed by atoms with E-state index in [9.17, 15) is 9.59 Å². The number of amides is 2. The number of nitrogens with zero attached hydrogens (tertiary/aromatic N) is 4. The predicted octanol–water partition coefficient (Wildman–Crippen LogP) is 1.27. The summed E-state index contributed by atoms with van der Waals surface area (Å²) in [6.07, 6.45) is 1.61. The first kappa shape index (κ1) is 19.5. The lowest BCUT2D eigenvalue weighted by Crippen LogP contribution is -2.43. The van der Waals surface area contributed by atoms with Crippen molar-refractivity contribution >= 4 is 22.8 Å². The number of likely N-dealkylation sites (tertiary alicyclic amines) is 2. The maximum Gasteiger partial charge on any atom is 0.253 e. The van der Waals surface area contributed by atoms with Crippen LogP contribution in [0.5, 0.6) is 0 Å². The summed E-state index contributed by atoms with van der Waals surface area (Å²) >= 11 is 0. The van der Waals surface area contributed by atoms with Crippen molar-refractivity contribution in [2.24, 2.45) is 5.41 Å². The van der Waals surface area contributed by atoms with E-state index in [4.69, 9.17) is 4.74 Å². The van der Waals surface area contributed by atoms with Crippen LogP contribution in [0.2, 0.25) is 0 Å². The molecule has 2 amide bonds. The molecule has 3 aliphatic rings. The fourth-order valence-corrected chi connectivity index (χ4v) is 5.07. The van der Waals surface area contributed by atoms with Crippen LogP contribution in [0.3, 0.4) is 0 Å². The van der Waals surface area contributed by atoms with Gasteiger partial charge in [0.1, 0.15) is 5.82 Å². The zero-order chi connectivity index (χ0) is 20.7. The molecule has 5 rings (SSSR count). The van der Waals surface area contributed by atoms with Gasteiger partial charge in [-0.3, -0.25) is 14.5 Å². The molecule has 3 fully saturated rings. The Bertz CT molecular complexity index is 967. The Morgan fingerprint density at radius 3 is 2.80 bits per heavy atom. The molecule has 4 heterocycles. The van der Waals surface area contributed by atoms with Crippen LogP contribution in [0.1, 0.15) is 29.0 Å². The van der Waals surface area contributed by atoms with Gasteiger partial charge in [0.2, 0.25) is 5.91 Å². The molecule has 30 heavy (non-hydrogen) atoms. The van der Waals surface area contributed by atoms with E-state index in [0.29, 0.717) is 18.7 Å². The molecule has 160 valence electrons. The van der Waals surface area contributed by atoms with Crippen molar-refractivity contribution in [3.8, 4) is 0 Å². The normalized spacial score (nSPS) is 25.2. The average molecular weight is 412 g/mol. The van der Waals surface area contributed by atoms with Crippen LogP contribution in [0, 0.1) is 12.3 Å². The van der Waals surface area contributed by atoms with Crippen LogP contribution < -0.4 is 0 Å². The van der Waals surface area contributed by atoms with Gasteiger partial charge in [0, 0.05) is 51.4 Å². The van der Waals surface area contributed by atoms with E-state index in [1.165, 1.54) is 0 Å². The second-order valence-electron chi connectivity index (χ2n) is 8.81. The minimum absolute atomic E-state index is 0.000551. The molecule has 8 nitrogen and oxygen atoms in total. The van der Waals surface area contributed by atoms with Crippen molar-refractivity contribution in [3.05, 3.63) is 29.6 Å². The zero-order valence-corrected chi connectivity index (χ0v) is 17.5. The van der Waals surface area contributed by atoms with E-state index in [1.54, 1.807) is 0 Å². The summed E-state index contributed by atoms with van der Waals surface area (Å²) in [5.41, 5.74) is 2.00. The van der Waals surface area contributed by atoms with Crippen LogP contribution >= 0.6 is 0 Å². The number of nitrogens with one attached hydrogen (secondary N) is 1. The number of morpholine rings is 1.